The fourth-order valence-corrected chi connectivity index (χ4v) is 1.32. The van der Waals surface area contributed by atoms with Gasteiger partial charge in [-0.1, -0.05) is 19.8 Å². The van der Waals surface area contributed by atoms with Gasteiger partial charge < -0.3 is 10.6 Å². The maximum absolute atomic E-state index is 11.6. The number of hydrogen-bond acceptors (Lipinski definition) is 2. The van der Waals surface area contributed by atoms with Crippen LogP contribution in [0.25, 0.3) is 0 Å². The summed E-state index contributed by atoms with van der Waals surface area (Å²) in [5.41, 5.74) is 5.76. The van der Waals surface area contributed by atoms with Crippen molar-refractivity contribution < 1.29 is 4.79 Å². The number of hydrogen-bond donors (Lipinski definition) is 1. The van der Waals surface area contributed by atoms with Crippen LogP contribution in [0.2, 0.25) is 0 Å². The minimum atomic E-state index is -0.292. The van der Waals surface area contributed by atoms with E-state index in [1.807, 2.05) is 13.8 Å². The highest BCUT2D eigenvalue weighted by atomic mass is 16.2. The Morgan fingerprint density at radius 2 is 1.85 bits per heavy atom. The molecule has 1 atom stereocenters. The molecule has 1 unspecified atom stereocenters. The third-order valence-electron chi connectivity index (χ3n) is 2.26. The maximum Gasteiger partial charge on any atom is 0.239 e. The van der Waals surface area contributed by atoms with Crippen LogP contribution >= 0.6 is 0 Å². The zero-order valence-electron chi connectivity index (χ0n) is 9.05. The Bertz CT molecular complexity index is 144. The third-order valence-corrected chi connectivity index (χ3v) is 2.26. The van der Waals surface area contributed by atoms with Gasteiger partial charge in [0.05, 0.1) is 6.04 Å². The van der Waals surface area contributed by atoms with Gasteiger partial charge in [0, 0.05) is 13.1 Å². The second kappa shape index (κ2) is 6.89. The summed E-state index contributed by atoms with van der Waals surface area (Å²) in [5.74, 6) is 0.0958. The minimum absolute atomic E-state index is 0.0958. The van der Waals surface area contributed by atoms with E-state index >= 15 is 0 Å². The molecule has 0 aromatic heterocycles. The predicted molar refractivity (Wildman–Crippen MR) is 55.4 cm³/mol. The van der Waals surface area contributed by atoms with Gasteiger partial charge in [0.2, 0.25) is 5.91 Å². The van der Waals surface area contributed by atoms with Crippen LogP contribution in [0.1, 0.15) is 40.0 Å². The molecule has 0 rings (SSSR count). The molecule has 0 aromatic rings. The summed E-state index contributed by atoms with van der Waals surface area (Å²) in [6.07, 6.45) is 2.94. The maximum atomic E-state index is 11.6. The highest BCUT2D eigenvalue weighted by molar-refractivity contribution is 5.81. The molecule has 0 saturated carbocycles. The number of nitrogens with two attached hydrogens (primary N) is 1. The normalized spacial score (nSPS) is 12.6. The Labute approximate surface area is 81.3 Å². The summed E-state index contributed by atoms with van der Waals surface area (Å²) in [6, 6.07) is -0.292. The zero-order chi connectivity index (χ0) is 10.3. The molecule has 2 N–H and O–H groups in total. The number of nitrogens with zero attached hydrogens (tertiary/aromatic N) is 1. The first-order valence-electron chi connectivity index (χ1n) is 5.21. The van der Waals surface area contributed by atoms with Crippen molar-refractivity contribution in [2.45, 2.75) is 46.1 Å². The molecular formula is C10H22N2O. The first kappa shape index (κ1) is 12.4. The van der Waals surface area contributed by atoms with E-state index in [-0.39, 0.29) is 11.9 Å². The second-order valence-electron chi connectivity index (χ2n) is 3.26. The summed E-state index contributed by atoms with van der Waals surface area (Å²) >= 11 is 0. The Kier molecular flexibility index (Phi) is 6.59. The van der Waals surface area contributed by atoms with Crippen molar-refractivity contribution in [3.63, 3.8) is 0 Å². The van der Waals surface area contributed by atoms with Crippen molar-refractivity contribution in [1.29, 1.82) is 0 Å². The SMILES string of the molecule is CCCCC(N)C(=O)N(CC)CC. The van der Waals surface area contributed by atoms with Gasteiger partial charge in [-0.3, -0.25) is 4.79 Å². The van der Waals surface area contributed by atoms with Crippen LogP contribution in [-0.4, -0.2) is 29.9 Å². The van der Waals surface area contributed by atoms with Crippen LogP contribution < -0.4 is 5.73 Å². The predicted octanol–water partition coefficient (Wildman–Crippen LogP) is 1.37. The molecule has 78 valence electrons. The lowest BCUT2D eigenvalue weighted by Crippen LogP contribution is -2.43. The van der Waals surface area contributed by atoms with Gasteiger partial charge in [-0.25, -0.2) is 0 Å². The van der Waals surface area contributed by atoms with Crippen LogP contribution in [0.5, 0.6) is 0 Å². The average Bonchev–Trinajstić information content (AvgIpc) is 2.15. The monoisotopic (exact) mass is 186 g/mol. The summed E-state index contributed by atoms with van der Waals surface area (Å²) in [6.45, 7) is 7.58. The number of carbonyl (C=O) groups excluding carboxylic acids is 1. The highest BCUT2D eigenvalue weighted by Gasteiger charge is 2.17. The smallest absolute Gasteiger partial charge is 0.239 e. The Morgan fingerprint density at radius 1 is 1.31 bits per heavy atom. The van der Waals surface area contributed by atoms with Gasteiger partial charge in [-0.2, -0.15) is 0 Å². The van der Waals surface area contributed by atoms with Gasteiger partial charge in [-0.05, 0) is 20.3 Å². The standard InChI is InChI=1S/C10H22N2O/c1-4-7-8-9(11)10(13)12(5-2)6-3/h9H,4-8,11H2,1-3H3. The molecule has 0 aliphatic carbocycles. The van der Waals surface area contributed by atoms with Crippen LogP contribution in [0.4, 0.5) is 0 Å². The molecular weight excluding hydrogens is 164 g/mol. The molecule has 13 heavy (non-hydrogen) atoms. The number of unbranched alkanes of at least 4 members (excludes halogenated alkanes) is 1. The quantitative estimate of drug-likeness (QED) is 0.681. The number of rotatable bonds is 6. The van der Waals surface area contributed by atoms with E-state index in [4.69, 9.17) is 5.73 Å². The van der Waals surface area contributed by atoms with E-state index in [1.54, 1.807) is 4.90 Å². The molecule has 0 aliphatic rings. The van der Waals surface area contributed by atoms with Crippen molar-refractivity contribution in [3.05, 3.63) is 0 Å². The Morgan fingerprint density at radius 3 is 2.23 bits per heavy atom. The molecule has 0 radical (unpaired) electrons. The summed E-state index contributed by atoms with van der Waals surface area (Å²) in [5, 5.41) is 0. The van der Waals surface area contributed by atoms with E-state index in [2.05, 4.69) is 6.92 Å². The van der Waals surface area contributed by atoms with E-state index in [0.717, 1.165) is 32.4 Å². The molecule has 0 aliphatic heterocycles. The molecule has 3 heteroatoms. The lowest BCUT2D eigenvalue weighted by atomic mass is 10.1. The molecule has 0 heterocycles. The number of amides is 1. The molecule has 0 aromatic carbocycles. The zero-order valence-corrected chi connectivity index (χ0v) is 9.05. The van der Waals surface area contributed by atoms with E-state index < -0.39 is 0 Å². The van der Waals surface area contributed by atoms with Gasteiger partial charge in [-0.15, -0.1) is 0 Å². The van der Waals surface area contributed by atoms with Crippen molar-refractivity contribution in [2.75, 3.05) is 13.1 Å². The Hall–Kier alpha value is -0.570. The van der Waals surface area contributed by atoms with Crippen LogP contribution in [0, 0.1) is 0 Å². The number of likely N-dealkylation sites (N-methyl/N-ethyl adjacent to an activating group) is 1. The molecule has 0 fully saturated rings. The molecule has 0 spiro atoms. The van der Waals surface area contributed by atoms with Crippen LogP contribution in [0.3, 0.4) is 0 Å². The largest absolute Gasteiger partial charge is 0.342 e. The summed E-state index contributed by atoms with van der Waals surface area (Å²) in [4.78, 5) is 13.4. The summed E-state index contributed by atoms with van der Waals surface area (Å²) in [7, 11) is 0. The summed E-state index contributed by atoms with van der Waals surface area (Å²) < 4.78 is 0. The third kappa shape index (κ3) is 4.27. The average molecular weight is 186 g/mol. The molecule has 0 saturated heterocycles. The fraction of sp³-hybridized carbons (Fsp3) is 0.900. The van der Waals surface area contributed by atoms with Crippen LogP contribution in [0.15, 0.2) is 0 Å². The Balaban J connectivity index is 3.92. The van der Waals surface area contributed by atoms with Gasteiger partial charge in [0.15, 0.2) is 0 Å². The first-order valence-corrected chi connectivity index (χ1v) is 5.21. The topological polar surface area (TPSA) is 46.3 Å². The first-order chi connectivity index (χ1) is 6.17. The van der Waals surface area contributed by atoms with E-state index in [9.17, 15) is 4.79 Å². The minimum Gasteiger partial charge on any atom is -0.342 e. The van der Waals surface area contributed by atoms with Crippen molar-refractivity contribution in [3.8, 4) is 0 Å². The van der Waals surface area contributed by atoms with Crippen molar-refractivity contribution >= 4 is 5.91 Å². The number of carbonyl (C=O) groups is 1. The lowest BCUT2D eigenvalue weighted by molar-refractivity contribution is -0.132. The van der Waals surface area contributed by atoms with Crippen LogP contribution in [-0.2, 0) is 4.79 Å². The molecule has 3 nitrogen and oxygen atoms in total. The van der Waals surface area contributed by atoms with Gasteiger partial charge >= 0.3 is 0 Å². The molecule has 0 bridgehead atoms. The van der Waals surface area contributed by atoms with Gasteiger partial charge in [0.1, 0.15) is 0 Å². The van der Waals surface area contributed by atoms with Crippen molar-refractivity contribution in [1.82, 2.24) is 4.90 Å². The lowest BCUT2D eigenvalue weighted by Gasteiger charge is -2.22. The van der Waals surface area contributed by atoms with Crippen molar-refractivity contribution in [2.24, 2.45) is 5.73 Å². The second-order valence-corrected chi connectivity index (χ2v) is 3.26. The highest BCUT2D eigenvalue weighted by Crippen LogP contribution is 2.02. The molecule has 1 amide bonds. The fourth-order valence-electron chi connectivity index (χ4n) is 1.32. The van der Waals surface area contributed by atoms with Gasteiger partial charge in [0.25, 0.3) is 0 Å². The van der Waals surface area contributed by atoms with E-state index in [1.165, 1.54) is 0 Å². The van der Waals surface area contributed by atoms with E-state index in [0.29, 0.717) is 0 Å².